The molecule has 1 saturated carbocycles. The number of pyridine rings is 1. The number of hydrazone groups is 1. The van der Waals surface area contributed by atoms with Crippen LogP contribution >= 0.6 is 22.9 Å². The van der Waals surface area contributed by atoms with Gasteiger partial charge in [-0.05, 0) is 44.0 Å². The number of aromatic nitrogens is 1. The zero-order valence-corrected chi connectivity index (χ0v) is 15.2. The predicted molar refractivity (Wildman–Crippen MR) is 103 cm³/mol. The number of nitrogens with one attached hydrogen (secondary N) is 1. The highest BCUT2D eigenvalue weighted by atomic mass is 35.5. The lowest BCUT2D eigenvalue weighted by atomic mass is 10.1. The summed E-state index contributed by atoms with van der Waals surface area (Å²) < 4.78 is 0.699. The molecular formula is C19H16ClN3OS. The SMILES string of the molecule is CC(=NNC(=O)c1cc(C2CC2)nc2ccccc12)c1ccc(Cl)s1. The van der Waals surface area contributed by atoms with Crippen LogP contribution in [0.3, 0.4) is 0 Å². The van der Waals surface area contributed by atoms with Gasteiger partial charge in [0.25, 0.3) is 5.91 Å². The Morgan fingerprint density at radius 3 is 2.80 bits per heavy atom. The first-order chi connectivity index (χ1) is 12.1. The van der Waals surface area contributed by atoms with Crippen molar-refractivity contribution in [1.82, 2.24) is 10.4 Å². The molecule has 4 rings (SSSR count). The molecule has 0 spiro atoms. The zero-order chi connectivity index (χ0) is 17.4. The second-order valence-electron chi connectivity index (χ2n) is 6.13. The highest BCUT2D eigenvalue weighted by Gasteiger charge is 2.26. The van der Waals surface area contributed by atoms with Crippen LogP contribution in [0.1, 0.15) is 46.6 Å². The molecule has 2 aromatic heterocycles. The molecule has 0 saturated heterocycles. The van der Waals surface area contributed by atoms with Gasteiger partial charge in [-0.3, -0.25) is 9.78 Å². The number of para-hydroxylation sites is 1. The number of carbonyl (C=O) groups is 1. The molecule has 0 atom stereocenters. The first-order valence-electron chi connectivity index (χ1n) is 8.12. The van der Waals surface area contributed by atoms with E-state index < -0.39 is 0 Å². The molecule has 1 aromatic carbocycles. The summed E-state index contributed by atoms with van der Waals surface area (Å²) in [5.41, 5.74) is 5.86. The molecule has 1 N–H and O–H groups in total. The van der Waals surface area contributed by atoms with E-state index in [2.05, 4.69) is 10.5 Å². The Labute approximate surface area is 154 Å². The van der Waals surface area contributed by atoms with Crippen LogP contribution in [0.15, 0.2) is 47.6 Å². The van der Waals surface area contributed by atoms with Gasteiger partial charge in [0.05, 0.1) is 26.0 Å². The molecule has 6 heteroatoms. The van der Waals surface area contributed by atoms with E-state index in [1.807, 2.05) is 49.4 Å². The lowest BCUT2D eigenvalue weighted by Crippen LogP contribution is -2.20. The molecule has 3 aromatic rings. The molecule has 1 aliphatic rings. The topological polar surface area (TPSA) is 54.4 Å². The Morgan fingerprint density at radius 1 is 1.28 bits per heavy atom. The molecular weight excluding hydrogens is 354 g/mol. The van der Waals surface area contributed by atoms with Crippen LogP contribution in [-0.2, 0) is 0 Å². The molecule has 0 unspecified atom stereocenters. The summed E-state index contributed by atoms with van der Waals surface area (Å²) in [6.07, 6.45) is 2.28. The predicted octanol–water partition coefficient (Wildman–Crippen LogP) is 4.98. The number of hydrogen-bond acceptors (Lipinski definition) is 4. The average Bonchev–Trinajstić information content (AvgIpc) is 3.39. The van der Waals surface area contributed by atoms with Gasteiger partial charge in [-0.15, -0.1) is 11.3 Å². The van der Waals surface area contributed by atoms with Crippen LogP contribution in [0, 0.1) is 0 Å². The molecule has 1 fully saturated rings. The van der Waals surface area contributed by atoms with E-state index >= 15 is 0 Å². The number of benzene rings is 1. The van der Waals surface area contributed by atoms with Gasteiger partial charge in [0.15, 0.2) is 0 Å². The summed E-state index contributed by atoms with van der Waals surface area (Å²) in [5.74, 6) is 0.261. The number of carbonyl (C=O) groups excluding carboxylic acids is 1. The van der Waals surface area contributed by atoms with Crippen molar-refractivity contribution >= 4 is 45.5 Å². The first-order valence-corrected chi connectivity index (χ1v) is 9.31. The third-order valence-electron chi connectivity index (χ3n) is 4.23. The van der Waals surface area contributed by atoms with Gasteiger partial charge in [0.2, 0.25) is 0 Å². The minimum atomic E-state index is -0.220. The van der Waals surface area contributed by atoms with Crippen LogP contribution in [0.2, 0.25) is 4.34 Å². The maximum atomic E-state index is 12.7. The second-order valence-corrected chi connectivity index (χ2v) is 7.84. The number of nitrogens with zero attached hydrogens (tertiary/aromatic N) is 2. The van der Waals surface area contributed by atoms with Crippen LogP contribution in [0.5, 0.6) is 0 Å². The van der Waals surface area contributed by atoms with Crippen molar-refractivity contribution in [2.24, 2.45) is 5.10 Å². The van der Waals surface area contributed by atoms with E-state index in [0.717, 1.165) is 40.0 Å². The minimum absolute atomic E-state index is 0.220. The Bertz CT molecular complexity index is 991. The maximum absolute atomic E-state index is 12.7. The van der Waals surface area contributed by atoms with E-state index in [9.17, 15) is 4.79 Å². The number of halogens is 1. The van der Waals surface area contributed by atoms with Crippen molar-refractivity contribution in [1.29, 1.82) is 0 Å². The monoisotopic (exact) mass is 369 g/mol. The van der Waals surface area contributed by atoms with Gasteiger partial charge in [-0.25, -0.2) is 5.43 Å². The van der Waals surface area contributed by atoms with E-state index in [-0.39, 0.29) is 5.91 Å². The first kappa shape index (κ1) is 16.2. The van der Waals surface area contributed by atoms with Gasteiger partial charge in [0.1, 0.15) is 0 Å². The maximum Gasteiger partial charge on any atom is 0.272 e. The molecule has 0 radical (unpaired) electrons. The summed E-state index contributed by atoms with van der Waals surface area (Å²) >= 11 is 7.38. The normalized spacial score (nSPS) is 14.7. The van der Waals surface area contributed by atoms with Crippen molar-refractivity contribution in [3.05, 3.63) is 62.9 Å². The van der Waals surface area contributed by atoms with Crippen molar-refractivity contribution in [2.45, 2.75) is 25.7 Å². The Kier molecular flexibility index (Phi) is 4.27. The largest absolute Gasteiger partial charge is 0.272 e. The lowest BCUT2D eigenvalue weighted by Gasteiger charge is -2.08. The van der Waals surface area contributed by atoms with E-state index in [4.69, 9.17) is 16.6 Å². The molecule has 2 heterocycles. The van der Waals surface area contributed by atoms with Crippen molar-refractivity contribution in [3.8, 4) is 0 Å². The summed E-state index contributed by atoms with van der Waals surface area (Å²) in [6, 6.07) is 13.3. The fourth-order valence-corrected chi connectivity index (χ4v) is 3.72. The minimum Gasteiger partial charge on any atom is -0.267 e. The van der Waals surface area contributed by atoms with E-state index in [0.29, 0.717) is 15.8 Å². The number of amides is 1. The lowest BCUT2D eigenvalue weighted by molar-refractivity contribution is 0.0956. The summed E-state index contributed by atoms with van der Waals surface area (Å²) in [4.78, 5) is 18.4. The summed E-state index contributed by atoms with van der Waals surface area (Å²) in [6.45, 7) is 1.85. The smallest absolute Gasteiger partial charge is 0.267 e. The second kappa shape index (κ2) is 6.58. The van der Waals surface area contributed by atoms with Gasteiger partial charge in [-0.1, -0.05) is 29.8 Å². The Balaban J connectivity index is 1.65. The number of rotatable bonds is 4. The standard InChI is InChI=1S/C19H16ClN3OS/c1-11(17-8-9-18(20)25-17)22-23-19(24)14-10-16(12-6-7-12)21-15-5-3-2-4-13(14)15/h2-5,8-10,12H,6-7H2,1H3,(H,23,24). The molecule has 0 bridgehead atoms. The molecule has 4 nitrogen and oxygen atoms in total. The fourth-order valence-electron chi connectivity index (χ4n) is 2.73. The quantitative estimate of drug-likeness (QED) is 0.520. The summed E-state index contributed by atoms with van der Waals surface area (Å²) in [7, 11) is 0. The Hall–Kier alpha value is -2.24. The van der Waals surface area contributed by atoms with Gasteiger partial charge >= 0.3 is 0 Å². The van der Waals surface area contributed by atoms with Crippen LogP contribution < -0.4 is 5.43 Å². The van der Waals surface area contributed by atoms with Gasteiger partial charge in [-0.2, -0.15) is 5.10 Å². The third-order valence-corrected chi connectivity index (χ3v) is 5.57. The molecule has 1 aliphatic carbocycles. The van der Waals surface area contributed by atoms with Crippen molar-refractivity contribution < 1.29 is 4.79 Å². The van der Waals surface area contributed by atoms with Gasteiger partial charge < -0.3 is 0 Å². The molecule has 1 amide bonds. The zero-order valence-electron chi connectivity index (χ0n) is 13.6. The molecule has 25 heavy (non-hydrogen) atoms. The van der Waals surface area contributed by atoms with Gasteiger partial charge in [0, 0.05) is 17.0 Å². The van der Waals surface area contributed by atoms with Crippen LogP contribution in [0.25, 0.3) is 10.9 Å². The number of fused-ring (bicyclic) bond motifs is 1. The molecule has 126 valence electrons. The summed E-state index contributed by atoms with van der Waals surface area (Å²) in [5, 5.41) is 5.07. The fraction of sp³-hybridized carbons (Fsp3) is 0.211. The van der Waals surface area contributed by atoms with Crippen molar-refractivity contribution in [2.75, 3.05) is 0 Å². The van der Waals surface area contributed by atoms with E-state index in [1.54, 1.807) is 0 Å². The van der Waals surface area contributed by atoms with Crippen LogP contribution in [0.4, 0.5) is 0 Å². The number of hydrogen-bond donors (Lipinski definition) is 1. The Morgan fingerprint density at radius 2 is 2.08 bits per heavy atom. The number of thiophene rings is 1. The van der Waals surface area contributed by atoms with Crippen molar-refractivity contribution in [3.63, 3.8) is 0 Å². The highest BCUT2D eigenvalue weighted by molar-refractivity contribution is 7.18. The highest BCUT2D eigenvalue weighted by Crippen LogP contribution is 2.40. The third kappa shape index (κ3) is 3.43. The average molecular weight is 370 g/mol. The van der Waals surface area contributed by atoms with Crippen LogP contribution in [-0.4, -0.2) is 16.6 Å². The molecule has 0 aliphatic heterocycles. The van der Waals surface area contributed by atoms with E-state index in [1.165, 1.54) is 11.3 Å².